The first-order valence-electron chi connectivity index (χ1n) is 11.0. The van der Waals surface area contributed by atoms with Crippen molar-refractivity contribution in [3.05, 3.63) is 42.0 Å². The first-order valence-corrected chi connectivity index (χ1v) is 11.0. The zero-order chi connectivity index (χ0) is 20.0. The monoisotopic (exact) mass is 386 g/mol. The van der Waals surface area contributed by atoms with Crippen molar-refractivity contribution in [1.29, 1.82) is 0 Å². The van der Waals surface area contributed by atoms with Gasteiger partial charge in [-0.15, -0.1) is 0 Å². The maximum atomic E-state index is 14.3. The van der Waals surface area contributed by atoms with Gasteiger partial charge in [-0.3, -0.25) is 0 Å². The molecular weight excluding hydrogens is 351 g/mol. The highest BCUT2D eigenvalue weighted by molar-refractivity contribution is 5.56. The Hall–Kier alpha value is -1.97. The van der Waals surface area contributed by atoms with Gasteiger partial charge >= 0.3 is 0 Å². The second kappa shape index (κ2) is 13.2. The minimum atomic E-state index is -0.351. The number of halogens is 1. The average molecular weight is 387 g/mol. The maximum Gasteiger partial charge on any atom is 0.165 e. The van der Waals surface area contributed by atoms with Crippen LogP contribution >= 0.6 is 0 Å². The Morgan fingerprint density at radius 3 is 2.14 bits per heavy atom. The first kappa shape index (κ1) is 22.3. The first-order chi connectivity index (χ1) is 13.7. The molecule has 2 aromatic rings. The van der Waals surface area contributed by atoms with Crippen LogP contribution in [-0.4, -0.2) is 16.6 Å². The third-order valence-electron chi connectivity index (χ3n) is 4.97. The highest BCUT2D eigenvalue weighted by Gasteiger charge is 2.08. The van der Waals surface area contributed by atoms with Gasteiger partial charge in [-0.2, -0.15) is 0 Å². The number of hydrogen-bond acceptors (Lipinski definition) is 3. The molecule has 0 aliphatic heterocycles. The number of rotatable bonds is 14. The largest absolute Gasteiger partial charge is 0.491 e. The summed E-state index contributed by atoms with van der Waals surface area (Å²) in [7, 11) is 0. The highest BCUT2D eigenvalue weighted by atomic mass is 19.1. The summed E-state index contributed by atoms with van der Waals surface area (Å²) in [5.74, 6) is 0.513. The molecule has 154 valence electrons. The van der Waals surface area contributed by atoms with Crippen molar-refractivity contribution in [2.45, 2.75) is 84.5 Å². The summed E-state index contributed by atoms with van der Waals surface area (Å²) in [6.07, 6.45) is 16.8. The van der Waals surface area contributed by atoms with Gasteiger partial charge in [-0.05, 0) is 43.0 Å². The molecule has 0 aliphatic rings. The van der Waals surface area contributed by atoms with E-state index >= 15 is 0 Å². The Bertz CT molecular complexity index is 673. The van der Waals surface area contributed by atoms with Crippen LogP contribution < -0.4 is 4.74 Å². The summed E-state index contributed by atoms with van der Waals surface area (Å²) in [6.45, 7) is 4.98. The number of nitrogens with zero attached hydrogens (tertiary/aromatic N) is 2. The normalized spacial score (nSPS) is 11.0. The third-order valence-corrected chi connectivity index (χ3v) is 4.97. The van der Waals surface area contributed by atoms with Crippen LogP contribution in [0, 0.1) is 5.82 Å². The SMILES string of the molecule is CCCCCCCCOc1ccc(-c2ncc(CCCCCC)cn2)cc1F. The summed E-state index contributed by atoms with van der Waals surface area (Å²) in [5.41, 5.74) is 1.82. The Labute approximate surface area is 169 Å². The molecule has 3 nitrogen and oxygen atoms in total. The Morgan fingerprint density at radius 1 is 0.821 bits per heavy atom. The number of hydrogen-bond donors (Lipinski definition) is 0. The molecule has 2 rings (SSSR count). The van der Waals surface area contributed by atoms with Crippen LogP contribution in [-0.2, 0) is 6.42 Å². The predicted octanol–water partition coefficient (Wildman–Crippen LogP) is 7.14. The molecular formula is C24H35FN2O. The molecule has 0 radical (unpaired) electrons. The van der Waals surface area contributed by atoms with Gasteiger partial charge < -0.3 is 4.74 Å². The van der Waals surface area contributed by atoms with Gasteiger partial charge in [0.05, 0.1) is 6.61 Å². The molecule has 0 N–H and O–H groups in total. The molecule has 0 atom stereocenters. The molecule has 0 fully saturated rings. The van der Waals surface area contributed by atoms with E-state index < -0.39 is 0 Å². The fraction of sp³-hybridized carbons (Fsp3) is 0.583. The molecule has 1 aromatic heterocycles. The molecule has 4 heteroatoms. The Morgan fingerprint density at radius 2 is 1.46 bits per heavy atom. The van der Waals surface area contributed by atoms with Crippen molar-refractivity contribution in [2.24, 2.45) is 0 Å². The van der Waals surface area contributed by atoms with Crippen LogP contribution in [0.1, 0.15) is 83.6 Å². The van der Waals surface area contributed by atoms with Crippen molar-refractivity contribution in [2.75, 3.05) is 6.61 Å². The second-order valence-corrected chi connectivity index (χ2v) is 7.49. The van der Waals surface area contributed by atoms with E-state index in [0.29, 0.717) is 23.7 Å². The second-order valence-electron chi connectivity index (χ2n) is 7.49. The van der Waals surface area contributed by atoms with E-state index in [1.54, 1.807) is 6.07 Å². The van der Waals surface area contributed by atoms with Gasteiger partial charge in [-0.1, -0.05) is 65.2 Å². The number of aromatic nitrogens is 2. The van der Waals surface area contributed by atoms with Crippen molar-refractivity contribution in [3.8, 4) is 17.1 Å². The van der Waals surface area contributed by atoms with Gasteiger partial charge in [0, 0.05) is 18.0 Å². The summed E-state index contributed by atoms with van der Waals surface area (Å²) >= 11 is 0. The highest BCUT2D eigenvalue weighted by Crippen LogP contribution is 2.24. The Kier molecular flexibility index (Phi) is 10.6. The van der Waals surface area contributed by atoms with E-state index in [1.807, 2.05) is 18.5 Å². The van der Waals surface area contributed by atoms with E-state index in [9.17, 15) is 4.39 Å². The minimum Gasteiger partial charge on any atom is -0.491 e. The minimum absolute atomic E-state index is 0.310. The zero-order valence-electron chi connectivity index (χ0n) is 17.6. The lowest BCUT2D eigenvalue weighted by atomic mass is 10.1. The van der Waals surface area contributed by atoms with Crippen molar-refractivity contribution in [3.63, 3.8) is 0 Å². The lowest BCUT2D eigenvalue weighted by Gasteiger charge is -2.09. The van der Waals surface area contributed by atoms with E-state index in [-0.39, 0.29) is 5.82 Å². The summed E-state index contributed by atoms with van der Waals surface area (Å²) in [6, 6.07) is 4.98. The fourth-order valence-corrected chi connectivity index (χ4v) is 3.21. The predicted molar refractivity (Wildman–Crippen MR) is 114 cm³/mol. The Balaban J connectivity index is 1.80. The van der Waals surface area contributed by atoms with E-state index in [0.717, 1.165) is 31.2 Å². The molecule has 0 bridgehead atoms. The van der Waals surface area contributed by atoms with Crippen molar-refractivity contribution < 1.29 is 9.13 Å². The van der Waals surface area contributed by atoms with Crippen LogP contribution in [0.4, 0.5) is 4.39 Å². The van der Waals surface area contributed by atoms with E-state index in [2.05, 4.69) is 23.8 Å². The quantitative estimate of drug-likeness (QED) is 0.323. The smallest absolute Gasteiger partial charge is 0.165 e. The molecule has 0 aliphatic carbocycles. The summed E-state index contributed by atoms with van der Waals surface area (Å²) in [5, 5.41) is 0. The summed E-state index contributed by atoms with van der Waals surface area (Å²) in [4.78, 5) is 8.82. The molecule has 0 unspecified atom stereocenters. The van der Waals surface area contributed by atoms with Crippen molar-refractivity contribution >= 4 is 0 Å². The summed E-state index contributed by atoms with van der Waals surface area (Å²) < 4.78 is 20.0. The lowest BCUT2D eigenvalue weighted by Crippen LogP contribution is -2.00. The fourth-order valence-electron chi connectivity index (χ4n) is 3.21. The topological polar surface area (TPSA) is 35.0 Å². The molecule has 0 saturated heterocycles. The van der Waals surface area contributed by atoms with Crippen LogP contribution in [0.15, 0.2) is 30.6 Å². The number of unbranched alkanes of at least 4 members (excludes halogenated alkanes) is 8. The van der Waals surface area contributed by atoms with Gasteiger partial charge in [0.25, 0.3) is 0 Å². The van der Waals surface area contributed by atoms with Gasteiger partial charge in [0.2, 0.25) is 0 Å². The zero-order valence-corrected chi connectivity index (χ0v) is 17.6. The van der Waals surface area contributed by atoms with Gasteiger partial charge in [-0.25, -0.2) is 14.4 Å². The number of ether oxygens (including phenoxy) is 1. The molecule has 0 amide bonds. The van der Waals surface area contributed by atoms with Crippen LogP contribution in [0.5, 0.6) is 5.75 Å². The van der Waals surface area contributed by atoms with E-state index in [4.69, 9.17) is 4.74 Å². The van der Waals surface area contributed by atoms with Crippen LogP contribution in [0.25, 0.3) is 11.4 Å². The number of aryl methyl sites for hydroxylation is 1. The van der Waals surface area contributed by atoms with Gasteiger partial charge in [0.15, 0.2) is 17.4 Å². The third kappa shape index (κ3) is 7.95. The standard InChI is InChI=1S/C24H35FN2O/c1-3-5-7-9-10-12-16-28-23-15-14-21(17-22(23)25)24-26-18-20(19-27-24)13-11-8-6-4-2/h14-15,17-19H,3-13,16H2,1-2H3. The molecule has 1 heterocycles. The lowest BCUT2D eigenvalue weighted by molar-refractivity contribution is 0.290. The van der Waals surface area contributed by atoms with Gasteiger partial charge in [0.1, 0.15) is 0 Å². The van der Waals surface area contributed by atoms with Crippen molar-refractivity contribution in [1.82, 2.24) is 9.97 Å². The molecule has 0 spiro atoms. The van der Waals surface area contributed by atoms with E-state index in [1.165, 1.54) is 51.0 Å². The van der Waals surface area contributed by atoms with Crippen LogP contribution in [0.2, 0.25) is 0 Å². The van der Waals surface area contributed by atoms with Crippen LogP contribution in [0.3, 0.4) is 0 Å². The average Bonchev–Trinajstić information content (AvgIpc) is 2.72. The maximum absolute atomic E-state index is 14.3. The number of benzene rings is 1. The molecule has 1 aromatic carbocycles. The molecule has 0 saturated carbocycles. The molecule has 28 heavy (non-hydrogen) atoms.